The van der Waals surface area contributed by atoms with E-state index in [0.717, 1.165) is 61.5 Å². The van der Waals surface area contributed by atoms with E-state index < -0.39 is 0 Å². The predicted octanol–water partition coefficient (Wildman–Crippen LogP) is 6.10. The first-order valence-electron chi connectivity index (χ1n) is 15.1. The Morgan fingerprint density at radius 2 is 1.88 bits per heavy atom. The fourth-order valence-electron chi connectivity index (χ4n) is 7.16. The van der Waals surface area contributed by atoms with Gasteiger partial charge >= 0.3 is 0 Å². The van der Waals surface area contributed by atoms with Gasteiger partial charge in [-0.3, -0.25) is 14.3 Å². The highest BCUT2D eigenvalue weighted by Crippen LogP contribution is 2.40. The quantitative estimate of drug-likeness (QED) is 0.279. The zero-order valence-electron chi connectivity index (χ0n) is 23.9. The van der Waals surface area contributed by atoms with Crippen LogP contribution >= 0.6 is 0 Å². The first-order chi connectivity index (χ1) is 20.1. The Kier molecular flexibility index (Phi) is 7.05. The van der Waals surface area contributed by atoms with Crippen LogP contribution in [0.3, 0.4) is 0 Å². The second-order valence-electron chi connectivity index (χ2n) is 12.1. The number of anilines is 1. The van der Waals surface area contributed by atoms with E-state index >= 15 is 0 Å². The van der Waals surface area contributed by atoms with Crippen molar-refractivity contribution in [3.63, 3.8) is 0 Å². The SMILES string of the molecule is Cc1cc(N2CCC3(CCCN3Cc3ccccc3)C2)ccc1-n1ccc2cc(OC[C@@H]3CCCO3)ccc2c1=O. The van der Waals surface area contributed by atoms with Crippen molar-refractivity contribution < 1.29 is 9.47 Å². The molecule has 212 valence electrons. The molecule has 3 aliphatic rings. The molecular formula is C35H39N3O3. The van der Waals surface area contributed by atoms with E-state index in [-0.39, 0.29) is 17.2 Å². The first-order valence-corrected chi connectivity index (χ1v) is 15.1. The molecule has 3 fully saturated rings. The van der Waals surface area contributed by atoms with Crippen molar-refractivity contribution in [3.8, 4) is 11.4 Å². The highest BCUT2D eigenvalue weighted by molar-refractivity contribution is 5.83. The molecule has 0 bridgehead atoms. The maximum Gasteiger partial charge on any atom is 0.262 e. The highest BCUT2D eigenvalue weighted by Gasteiger charge is 2.45. The van der Waals surface area contributed by atoms with Crippen LogP contribution in [-0.2, 0) is 11.3 Å². The van der Waals surface area contributed by atoms with Gasteiger partial charge in [-0.15, -0.1) is 0 Å². The van der Waals surface area contributed by atoms with E-state index in [1.54, 1.807) is 4.57 Å². The van der Waals surface area contributed by atoms with Gasteiger partial charge in [-0.2, -0.15) is 0 Å². The molecule has 41 heavy (non-hydrogen) atoms. The van der Waals surface area contributed by atoms with Crippen LogP contribution in [0.25, 0.3) is 16.5 Å². The number of aromatic nitrogens is 1. The second kappa shape index (κ2) is 11.0. The summed E-state index contributed by atoms with van der Waals surface area (Å²) in [7, 11) is 0. The standard InChI is InChI=1S/C35H39N3O3/c1-26-21-29(36-19-16-35(25-36)15-6-17-37(35)23-27-7-3-2-4-8-27)10-13-33(26)38-18-14-28-22-30(11-12-32(28)34(38)39)41-24-31-9-5-20-40-31/h2-4,7-8,10-14,18,21-22,31H,5-6,9,15-17,19-20,23-25H2,1H3/t31-,35?/m0/s1. The van der Waals surface area contributed by atoms with Crippen LogP contribution in [0.4, 0.5) is 5.69 Å². The summed E-state index contributed by atoms with van der Waals surface area (Å²) in [5.41, 5.74) is 4.93. The molecule has 4 heterocycles. The van der Waals surface area contributed by atoms with Gasteiger partial charge in [0.25, 0.3) is 5.56 Å². The summed E-state index contributed by atoms with van der Waals surface area (Å²) < 4.78 is 13.4. The summed E-state index contributed by atoms with van der Waals surface area (Å²) >= 11 is 0. The van der Waals surface area contributed by atoms with Gasteiger partial charge in [-0.25, -0.2) is 0 Å². The molecule has 3 aromatic carbocycles. The molecule has 0 radical (unpaired) electrons. The summed E-state index contributed by atoms with van der Waals surface area (Å²) in [6.07, 6.45) is 7.93. The molecule has 0 saturated carbocycles. The highest BCUT2D eigenvalue weighted by atomic mass is 16.5. The minimum atomic E-state index is -0.00772. The predicted molar refractivity (Wildman–Crippen MR) is 164 cm³/mol. The van der Waals surface area contributed by atoms with Crippen molar-refractivity contribution in [2.24, 2.45) is 0 Å². The number of ether oxygens (including phenoxy) is 2. The number of likely N-dealkylation sites (tertiary alicyclic amines) is 1. The van der Waals surface area contributed by atoms with Crippen molar-refractivity contribution >= 4 is 16.5 Å². The Bertz CT molecular complexity index is 1590. The Morgan fingerprint density at radius 3 is 2.71 bits per heavy atom. The maximum absolute atomic E-state index is 13.5. The molecule has 1 aromatic heterocycles. The van der Waals surface area contributed by atoms with E-state index in [2.05, 4.69) is 65.3 Å². The normalized spacial score (nSPS) is 22.8. The van der Waals surface area contributed by atoms with E-state index in [1.807, 2.05) is 30.5 Å². The average molecular weight is 550 g/mol. The third-order valence-corrected chi connectivity index (χ3v) is 9.43. The van der Waals surface area contributed by atoms with Crippen LogP contribution in [0.2, 0.25) is 0 Å². The van der Waals surface area contributed by atoms with Gasteiger partial charge < -0.3 is 14.4 Å². The van der Waals surface area contributed by atoms with Crippen LogP contribution in [0.5, 0.6) is 5.75 Å². The van der Waals surface area contributed by atoms with Gasteiger partial charge in [0.1, 0.15) is 12.4 Å². The smallest absolute Gasteiger partial charge is 0.262 e. The van der Waals surface area contributed by atoms with Crippen LogP contribution in [-0.4, -0.2) is 54.0 Å². The molecule has 1 unspecified atom stereocenters. The minimum absolute atomic E-state index is 0.00772. The van der Waals surface area contributed by atoms with Crippen molar-refractivity contribution in [1.29, 1.82) is 0 Å². The van der Waals surface area contributed by atoms with Crippen molar-refractivity contribution in [1.82, 2.24) is 9.47 Å². The molecule has 0 aliphatic carbocycles. The topological polar surface area (TPSA) is 46.9 Å². The molecule has 2 atom stereocenters. The van der Waals surface area contributed by atoms with Gasteiger partial charge in [-0.1, -0.05) is 30.3 Å². The van der Waals surface area contributed by atoms with Gasteiger partial charge in [0, 0.05) is 49.1 Å². The van der Waals surface area contributed by atoms with Gasteiger partial charge in [0.2, 0.25) is 0 Å². The minimum Gasteiger partial charge on any atom is -0.491 e. The number of benzene rings is 3. The van der Waals surface area contributed by atoms with Crippen LogP contribution in [0.15, 0.2) is 83.8 Å². The lowest BCUT2D eigenvalue weighted by Crippen LogP contribution is -2.45. The molecule has 6 nitrogen and oxygen atoms in total. The number of hydrogen-bond acceptors (Lipinski definition) is 5. The van der Waals surface area contributed by atoms with Crippen LogP contribution in [0, 0.1) is 6.92 Å². The molecule has 4 aromatic rings. The molecule has 3 aliphatic heterocycles. The third kappa shape index (κ3) is 5.15. The van der Waals surface area contributed by atoms with Crippen molar-refractivity contribution in [2.45, 2.75) is 57.2 Å². The lowest BCUT2D eigenvalue weighted by molar-refractivity contribution is 0.0680. The summed E-state index contributed by atoms with van der Waals surface area (Å²) in [5.74, 6) is 0.777. The summed E-state index contributed by atoms with van der Waals surface area (Å²) in [6, 6.07) is 25.2. The molecule has 0 amide bonds. The van der Waals surface area contributed by atoms with Gasteiger partial charge in [0.15, 0.2) is 0 Å². The number of pyridine rings is 1. The van der Waals surface area contributed by atoms with Gasteiger partial charge in [-0.05, 0) is 105 Å². The van der Waals surface area contributed by atoms with Crippen molar-refractivity contribution in [3.05, 3.63) is 100 Å². The second-order valence-corrected chi connectivity index (χ2v) is 12.1. The number of aryl methyl sites for hydroxylation is 1. The zero-order chi connectivity index (χ0) is 27.8. The monoisotopic (exact) mass is 549 g/mol. The molecule has 1 spiro atoms. The van der Waals surface area contributed by atoms with Gasteiger partial charge in [0.05, 0.1) is 11.8 Å². The Balaban J connectivity index is 1.08. The largest absolute Gasteiger partial charge is 0.491 e. The molecule has 7 rings (SSSR count). The van der Waals surface area contributed by atoms with Crippen LogP contribution in [0.1, 0.15) is 43.2 Å². The van der Waals surface area contributed by atoms with Crippen molar-refractivity contribution in [2.75, 3.05) is 37.7 Å². The average Bonchev–Trinajstić information content (AvgIpc) is 3.76. The van der Waals surface area contributed by atoms with E-state index in [9.17, 15) is 4.79 Å². The molecule has 3 saturated heterocycles. The fourth-order valence-corrected chi connectivity index (χ4v) is 7.16. The lowest BCUT2D eigenvalue weighted by atomic mass is 9.94. The maximum atomic E-state index is 13.5. The number of rotatable bonds is 7. The molecule has 0 N–H and O–H groups in total. The lowest BCUT2D eigenvalue weighted by Gasteiger charge is -2.35. The third-order valence-electron chi connectivity index (χ3n) is 9.43. The Hall–Kier alpha value is -3.61. The summed E-state index contributed by atoms with van der Waals surface area (Å²) in [4.78, 5) is 18.8. The fraction of sp³-hybridized carbons (Fsp3) is 0.400. The zero-order valence-corrected chi connectivity index (χ0v) is 23.9. The summed E-state index contributed by atoms with van der Waals surface area (Å²) in [5, 5.41) is 1.59. The number of fused-ring (bicyclic) bond motifs is 1. The van der Waals surface area contributed by atoms with E-state index in [0.29, 0.717) is 12.0 Å². The number of nitrogens with zero attached hydrogens (tertiary/aromatic N) is 3. The van der Waals surface area contributed by atoms with E-state index in [1.165, 1.54) is 37.1 Å². The molecule has 6 heteroatoms. The first kappa shape index (κ1) is 26.3. The molecular weight excluding hydrogens is 510 g/mol. The summed E-state index contributed by atoms with van der Waals surface area (Å²) in [6.45, 7) is 7.81. The number of hydrogen-bond donors (Lipinski definition) is 0. The Labute approximate surface area is 242 Å². The van der Waals surface area contributed by atoms with E-state index in [4.69, 9.17) is 9.47 Å². The van der Waals surface area contributed by atoms with Crippen LogP contribution < -0.4 is 15.2 Å². The Morgan fingerprint density at radius 1 is 0.976 bits per heavy atom.